The van der Waals surface area contributed by atoms with Crippen LogP contribution < -0.4 is 10.6 Å². The van der Waals surface area contributed by atoms with E-state index in [1.165, 1.54) is 5.56 Å². The number of hydrogen-bond acceptors (Lipinski definition) is 2. The van der Waals surface area contributed by atoms with Crippen molar-refractivity contribution in [2.45, 2.75) is 26.0 Å². The molecule has 3 rings (SSSR count). The topological polar surface area (TPSA) is 23.5 Å². The molecule has 0 aliphatic rings. The van der Waals surface area contributed by atoms with Crippen molar-refractivity contribution in [3.63, 3.8) is 0 Å². The van der Waals surface area contributed by atoms with Crippen molar-refractivity contribution in [2.75, 3.05) is 7.05 Å². The van der Waals surface area contributed by atoms with E-state index in [9.17, 15) is 5.11 Å². The first-order chi connectivity index (χ1) is 13.0. The summed E-state index contributed by atoms with van der Waals surface area (Å²) in [6, 6.07) is 28.2. The molecule has 0 amide bonds. The molecule has 137 valence electrons. The average molecular weight is 374 g/mol. The van der Waals surface area contributed by atoms with E-state index in [2.05, 4.69) is 35.9 Å². The number of likely N-dealkylation sites (N-methyl/N-ethyl adjacent to an activating group) is 1. The van der Waals surface area contributed by atoms with E-state index in [1.54, 1.807) is 0 Å². The van der Waals surface area contributed by atoms with Gasteiger partial charge in [-0.15, -0.1) is 7.29 Å². The van der Waals surface area contributed by atoms with E-state index >= 15 is 0 Å². The Morgan fingerprint density at radius 3 is 1.96 bits per heavy atom. The molecule has 0 bridgehead atoms. The van der Waals surface area contributed by atoms with Gasteiger partial charge in [0.05, 0.1) is 22.8 Å². The van der Waals surface area contributed by atoms with E-state index < -0.39 is 13.4 Å². The molecule has 2 nitrogen and oxygen atoms in total. The molecule has 1 unspecified atom stereocenters. The van der Waals surface area contributed by atoms with Crippen LogP contribution in [-0.4, -0.2) is 30.4 Å². The number of aliphatic hydroxyl groups is 1. The first-order valence-corrected chi connectivity index (χ1v) is 11.0. The van der Waals surface area contributed by atoms with Crippen LogP contribution in [0.1, 0.15) is 24.2 Å². The summed E-state index contributed by atoms with van der Waals surface area (Å²) in [6.07, 6.45) is -0.619. The minimum Gasteiger partial charge on any atom is -0.387 e. The van der Waals surface area contributed by atoms with Gasteiger partial charge in [0.15, 0.2) is 0 Å². The van der Waals surface area contributed by atoms with E-state index in [-0.39, 0.29) is 6.04 Å². The van der Waals surface area contributed by atoms with Gasteiger partial charge in [0.2, 0.25) is 0 Å². The highest BCUT2D eigenvalue weighted by molar-refractivity contribution is 8.06. The van der Waals surface area contributed by atoms with Crippen LogP contribution >= 0.6 is 7.29 Å². The number of aliphatic hydroxyl groups excluding tert-OH is 1. The summed E-state index contributed by atoms with van der Waals surface area (Å²) >= 11 is 0. The molecular formula is C23H26BNOP. The van der Waals surface area contributed by atoms with Gasteiger partial charge in [-0.1, -0.05) is 66.7 Å². The molecule has 0 saturated heterocycles. The molecule has 0 fully saturated rings. The molecular weight excluding hydrogens is 348 g/mol. The van der Waals surface area contributed by atoms with Crippen molar-refractivity contribution in [3.05, 3.63) is 96.1 Å². The number of aryl methyl sites for hydroxylation is 1. The Bertz CT molecular complexity index is 874. The molecule has 0 aromatic heterocycles. The zero-order valence-electron chi connectivity index (χ0n) is 16.2. The Morgan fingerprint density at radius 1 is 0.852 bits per heavy atom. The molecule has 0 aliphatic carbocycles. The van der Waals surface area contributed by atoms with Crippen LogP contribution in [0.4, 0.5) is 0 Å². The fourth-order valence-corrected chi connectivity index (χ4v) is 6.75. The summed E-state index contributed by atoms with van der Waals surface area (Å²) in [6.45, 7) is 4.15. The molecule has 0 aliphatic heterocycles. The molecule has 4 heteroatoms. The third-order valence-corrected chi connectivity index (χ3v) is 9.00. The Hall–Kier alpha value is -1.93. The predicted octanol–water partition coefficient (Wildman–Crippen LogP) is 4.02. The smallest absolute Gasteiger partial charge is 0.0975 e. The first kappa shape index (κ1) is 19.8. The van der Waals surface area contributed by atoms with Crippen LogP contribution in [0.3, 0.4) is 0 Å². The molecule has 3 aromatic carbocycles. The van der Waals surface area contributed by atoms with Crippen LogP contribution in [0.5, 0.6) is 0 Å². The van der Waals surface area contributed by atoms with Gasteiger partial charge in [0, 0.05) is 7.05 Å². The third kappa shape index (κ3) is 3.87. The number of benzene rings is 3. The first-order valence-electron chi connectivity index (χ1n) is 9.22. The fourth-order valence-electron chi connectivity index (χ4n) is 3.51. The Balaban J connectivity index is 2.07. The molecule has 3 radical (unpaired) electrons. The zero-order valence-corrected chi connectivity index (χ0v) is 17.1. The van der Waals surface area contributed by atoms with Gasteiger partial charge in [0.1, 0.15) is 0 Å². The maximum absolute atomic E-state index is 11.0. The molecule has 0 saturated carbocycles. The van der Waals surface area contributed by atoms with E-state index in [0.29, 0.717) is 0 Å². The number of hydrogen-bond donors (Lipinski definition) is 1. The molecule has 3 atom stereocenters. The highest BCUT2D eigenvalue weighted by atomic mass is 31.2. The summed E-state index contributed by atoms with van der Waals surface area (Å²) < 4.78 is 2.18. The van der Waals surface area contributed by atoms with Gasteiger partial charge in [-0.25, -0.2) is 4.67 Å². The van der Waals surface area contributed by atoms with Crippen molar-refractivity contribution < 1.29 is 5.11 Å². The average Bonchev–Trinajstić information content (AvgIpc) is 2.73. The van der Waals surface area contributed by atoms with Gasteiger partial charge in [-0.05, 0) is 43.2 Å². The van der Waals surface area contributed by atoms with E-state index in [0.717, 1.165) is 16.2 Å². The summed E-state index contributed by atoms with van der Waals surface area (Å²) in [5.74, 6) is 0. The lowest BCUT2D eigenvalue weighted by Gasteiger charge is -2.48. The summed E-state index contributed by atoms with van der Waals surface area (Å²) in [7, 11) is 6.90. The van der Waals surface area contributed by atoms with Gasteiger partial charge in [0.25, 0.3) is 0 Å². The van der Waals surface area contributed by atoms with Crippen molar-refractivity contribution in [3.8, 4) is 0 Å². The summed E-state index contributed by atoms with van der Waals surface area (Å²) in [5.41, 5.74) is 2.08. The molecule has 27 heavy (non-hydrogen) atoms. The van der Waals surface area contributed by atoms with Crippen molar-refractivity contribution in [1.29, 1.82) is 0 Å². The predicted molar refractivity (Wildman–Crippen MR) is 118 cm³/mol. The largest absolute Gasteiger partial charge is 0.387 e. The van der Waals surface area contributed by atoms with Crippen molar-refractivity contribution in [1.82, 2.24) is 4.67 Å². The SMILES string of the molecule is [B-][P+](c1ccccc1)(c1ccccc1C)N(C)[C@@H](C)[C@H](O)c1ccccc1. The van der Waals surface area contributed by atoms with Gasteiger partial charge in [-0.2, -0.15) is 0 Å². The molecule has 3 aromatic rings. The van der Waals surface area contributed by atoms with Crippen LogP contribution in [0.25, 0.3) is 0 Å². The fraction of sp³-hybridized carbons (Fsp3) is 0.217. The maximum atomic E-state index is 11.0. The van der Waals surface area contributed by atoms with Crippen molar-refractivity contribution in [2.24, 2.45) is 0 Å². The molecule has 0 spiro atoms. The Kier molecular flexibility index (Phi) is 6.16. The quantitative estimate of drug-likeness (QED) is 0.521. The zero-order chi connectivity index (χ0) is 19.4. The maximum Gasteiger partial charge on any atom is 0.0975 e. The normalized spacial score (nSPS) is 15.9. The monoisotopic (exact) mass is 374 g/mol. The van der Waals surface area contributed by atoms with Crippen LogP contribution in [0.15, 0.2) is 84.9 Å². The number of nitrogens with zero attached hydrogens (tertiary/aromatic N) is 1. The van der Waals surface area contributed by atoms with Crippen LogP contribution in [0, 0.1) is 6.92 Å². The minimum atomic E-state index is -2.36. The van der Waals surface area contributed by atoms with Crippen molar-refractivity contribution >= 4 is 25.5 Å². The lowest BCUT2D eigenvalue weighted by Crippen LogP contribution is -2.43. The number of rotatable bonds is 6. The second-order valence-corrected chi connectivity index (χ2v) is 9.98. The summed E-state index contributed by atoms with van der Waals surface area (Å²) in [4.78, 5) is 0. The van der Waals surface area contributed by atoms with E-state index in [4.69, 9.17) is 7.57 Å². The standard InChI is InChI=1S/C23H26BNOP/c1-18-12-10-11-17-22(18)27(24,21-15-8-5-9-16-21)25(3)19(2)23(26)20-13-6-4-7-14-20/h4-17,19,23,26H,1-3H3/t19-,23-,27?/m0/s1. The highest BCUT2D eigenvalue weighted by Gasteiger charge is 2.36. The van der Waals surface area contributed by atoms with Crippen LogP contribution in [-0.2, 0) is 0 Å². The van der Waals surface area contributed by atoms with E-state index in [1.807, 2.05) is 74.6 Å². The molecule has 1 N–H and O–H groups in total. The molecule has 0 heterocycles. The second-order valence-electron chi connectivity index (χ2n) is 6.98. The minimum absolute atomic E-state index is 0.148. The summed E-state index contributed by atoms with van der Waals surface area (Å²) in [5, 5.41) is 13.3. The Morgan fingerprint density at radius 2 is 1.37 bits per heavy atom. The lowest BCUT2D eigenvalue weighted by molar-refractivity contribution is 0.110. The Labute approximate surface area is 164 Å². The highest BCUT2D eigenvalue weighted by Crippen LogP contribution is 2.56. The lowest BCUT2D eigenvalue weighted by atomic mass is 10.0. The second kappa shape index (κ2) is 8.40. The third-order valence-electron chi connectivity index (χ3n) is 5.32. The van der Waals surface area contributed by atoms with Crippen LogP contribution in [0.2, 0.25) is 0 Å². The van der Waals surface area contributed by atoms with Gasteiger partial charge < -0.3 is 5.11 Å². The van der Waals surface area contributed by atoms with Gasteiger partial charge in [-0.3, -0.25) is 7.57 Å². The van der Waals surface area contributed by atoms with Gasteiger partial charge >= 0.3 is 0 Å².